The van der Waals surface area contributed by atoms with Gasteiger partial charge in [-0.25, -0.2) is 4.98 Å². The van der Waals surface area contributed by atoms with Crippen molar-refractivity contribution in [3.63, 3.8) is 0 Å². The number of aromatic nitrogens is 3. The number of carbonyl (C=O) groups excluding carboxylic acids is 1. The van der Waals surface area contributed by atoms with E-state index >= 15 is 0 Å². The zero-order valence-electron chi connectivity index (χ0n) is 14.3. The van der Waals surface area contributed by atoms with Gasteiger partial charge in [-0.1, -0.05) is 23.4 Å². The summed E-state index contributed by atoms with van der Waals surface area (Å²) in [7, 11) is 1.59. The molecule has 25 heavy (non-hydrogen) atoms. The van der Waals surface area contributed by atoms with Crippen molar-refractivity contribution in [3.05, 3.63) is 23.2 Å². The average Bonchev–Trinajstić information content (AvgIpc) is 3.09. The van der Waals surface area contributed by atoms with Crippen LogP contribution >= 0.6 is 23.4 Å². The van der Waals surface area contributed by atoms with E-state index in [9.17, 15) is 4.79 Å². The van der Waals surface area contributed by atoms with Gasteiger partial charge in [-0.3, -0.25) is 9.89 Å². The van der Waals surface area contributed by atoms with Crippen LogP contribution < -0.4 is 4.74 Å². The molecule has 0 spiro atoms. The van der Waals surface area contributed by atoms with Crippen molar-refractivity contribution in [2.45, 2.75) is 37.4 Å². The molecule has 1 aliphatic rings. The van der Waals surface area contributed by atoms with Gasteiger partial charge < -0.3 is 9.64 Å². The Morgan fingerprint density at radius 2 is 2.32 bits per heavy atom. The first-order valence-corrected chi connectivity index (χ1v) is 9.63. The fourth-order valence-corrected chi connectivity index (χ4v) is 3.83. The van der Waals surface area contributed by atoms with Crippen molar-refractivity contribution >= 4 is 29.3 Å². The highest BCUT2D eigenvalue weighted by atomic mass is 35.5. The summed E-state index contributed by atoms with van der Waals surface area (Å²) in [5.74, 6) is 1.72. The van der Waals surface area contributed by atoms with Crippen molar-refractivity contribution in [2.24, 2.45) is 0 Å². The number of benzene rings is 1. The summed E-state index contributed by atoms with van der Waals surface area (Å²) in [5.41, 5.74) is 0.741. The van der Waals surface area contributed by atoms with E-state index < -0.39 is 0 Å². The molecular formula is C17H21ClN4O2S. The molecule has 0 saturated carbocycles. The van der Waals surface area contributed by atoms with E-state index in [1.165, 1.54) is 18.2 Å². The SMILES string of the molecule is COc1ccc(Cl)cc1-c1nc(SCC(=O)N2CCCC[C@H]2C)n[nH]1. The fourth-order valence-electron chi connectivity index (χ4n) is 2.97. The van der Waals surface area contributed by atoms with E-state index in [-0.39, 0.29) is 5.91 Å². The first-order valence-electron chi connectivity index (χ1n) is 8.27. The first-order chi connectivity index (χ1) is 12.1. The molecule has 1 atom stereocenters. The standard InChI is InChI=1S/C17H21ClN4O2S/c1-11-5-3-4-8-22(11)15(23)10-25-17-19-16(20-21-17)13-9-12(18)6-7-14(13)24-2/h6-7,9,11H,3-5,8,10H2,1-2H3,(H,19,20,21)/t11-/m1/s1. The van der Waals surface area contributed by atoms with E-state index in [1.807, 2.05) is 4.90 Å². The Morgan fingerprint density at radius 3 is 3.08 bits per heavy atom. The second-order valence-electron chi connectivity index (χ2n) is 6.03. The summed E-state index contributed by atoms with van der Waals surface area (Å²) in [6.45, 7) is 2.96. The van der Waals surface area contributed by atoms with E-state index in [1.54, 1.807) is 25.3 Å². The largest absolute Gasteiger partial charge is 0.496 e. The van der Waals surface area contributed by atoms with Gasteiger partial charge in [-0.15, -0.1) is 5.10 Å². The molecule has 0 unspecified atom stereocenters. The minimum atomic E-state index is 0.142. The fraction of sp³-hybridized carbons (Fsp3) is 0.471. The molecule has 2 aromatic rings. The molecule has 3 rings (SSSR count). The molecule has 0 aliphatic carbocycles. The van der Waals surface area contributed by atoms with Crippen molar-refractivity contribution in [2.75, 3.05) is 19.4 Å². The third-order valence-electron chi connectivity index (χ3n) is 4.33. The highest BCUT2D eigenvalue weighted by Crippen LogP contribution is 2.31. The maximum absolute atomic E-state index is 12.4. The summed E-state index contributed by atoms with van der Waals surface area (Å²) in [5, 5.41) is 8.21. The number of methoxy groups -OCH3 is 1. The number of hydrogen-bond acceptors (Lipinski definition) is 5. The lowest BCUT2D eigenvalue weighted by Gasteiger charge is -2.33. The quantitative estimate of drug-likeness (QED) is 0.802. The molecule has 1 amide bonds. The van der Waals surface area contributed by atoms with Gasteiger partial charge in [-0.2, -0.15) is 0 Å². The lowest BCUT2D eigenvalue weighted by atomic mass is 10.0. The highest BCUT2D eigenvalue weighted by molar-refractivity contribution is 7.99. The van der Waals surface area contributed by atoms with Gasteiger partial charge in [0, 0.05) is 17.6 Å². The molecule has 1 aliphatic heterocycles. The van der Waals surface area contributed by atoms with Crippen molar-refractivity contribution in [1.82, 2.24) is 20.1 Å². The van der Waals surface area contributed by atoms with Gasteiger partial charge in [0.2, 0.25) is 11.1 Å². The van der Waals surface area contributed by atoms with Crippen LogP contribution in [0.25, 0.3) is 11.4 Å². The molecule has 6 nitrogen and oxygen atoms in total. The minimum absolute atomic E-state index is 0.142. The first kappa shape index (κ1) is 18.1. The average molecular weight is 381 g/mol. The third-order valence-corrected chi connectivity index (χ3v) is 5.40. The van der Waals surface area contributed by atoms with Crippen LogP contribution in [0.3, 0.4) is 0 Å². The Balaban J connectivity index is 1.66. The molecule has 1 N–H and O–H groups in total. The molecule has 0 bridgehead atoms. The monoisotopic (exact) mass is 380 g/mol. The lowest BCUT2D eigenvalue weighted by molar-refractivity contribution is -0.131. The van der Waals surface area contributed by atoms with Crippen LogP contribution in [0.4, 0.5) is 0 Å². The summed E-state index contributed by atoms with van der Waals surface area (Å²) in [6.07, 6.45) is 3.36. The number of H-pyrrole nitrogens is 1. The van der Waals surface area contributed by atoms with Crippen molar-refractivity contribution in [1.29, 1.82) is 0 Å². The number of piperidine rings is 1. The molecule has 2 heterocycles. The Morgan fingerprint density at radius 1 is 1.48 bits per heavy atom. The summed E-state index contributed by atoms with van der Waals surface area (Å²) >= 11 is 7.40. The number of likely N-dealkylation sites (tertiary alicyclic amines) is 1. The van der Waals surface area contributed by atoms with E-state index in [0.29, 0.717) is 33.5 Å². The van der Waals surface area contributed by atoms with E-state index in [2.05, 4.69) is 22.1 Å². The van der Waals surface area contributed by atoms with Crippen molar-refractivity contribution < 1.29 is 9.53 Å². The second kappa shape index (κ2) is 8.10. The maximum atomic E-state index is 12.4. The van der Waals surface area contributed by atoms with Gasteiger partial charge in [0.05, 0.1) is 18.4 Å². The molecule has 1 aromatic carbocycles. The van der Waals surface area contributed by atoms with Gasteiger partial charge >= 0.3 is 0 Å². The van der Waals surface area contributed by atoms with Crippen LogP contribution in [0.5, 0.6) is 5.75 Å². The Hall–Kier alpha value is -1.73. The number of rotatable bonds is 5. The van der Waals surface area contributed by atoms with Crippen LogP contribution in [0.1, 0.15) is 26.2 Å². The number of hydrogen-bond donors (Lipinski definition) is 1. The van der Waals surface area contributed by atoms with Gasteiger partial charge in [0.1, 0.15) is 5.75 Å². The summed E-state index contributed by atoms with van der Waals surface area (Å²) in [6, 6.07) is 5.64. The number of thioether (sulfide) groups is 1. The zero-order chi connectivity index (χ0) is 17.8. The van der Waals surface area contributed by atoms with Crippen LogP contribution in [0, 0.1) is 0 Å². The van der Waals surface area contributed by atoms with Crippen LogP contribution in [-0.4, -0.2) is 51.4 Å². The molecule has 8 heteroatoms. The molecule has 1 fully saturated rings. The predicted molar refractivity (Wildman–Crippen MR) is 99.1 cm³/mol. The van der Waals surface area contributed by atoms with Crippen LogP contribution in [-0.2, 0) is 4.79 Å². The third kappa shape index (κ3) is 4.27. The number of ether oxygens (including phenoxy) is 1. The topological polar surface area (TPSA) is 71.1 Å². The molecule has 0 radical (unpaired) electrons. The van der Waals surface area contributed by atoms with E-state index in [0.717, 1.165) is 24.9 Å². The van der Waals surface area contributed by atoms with Gasteiger partial charge in [-0.05, 0) is 44.4 Å². The van der Waals surface area contributed by atoms with E-state index in [4.69, 9.17) is 16.3 Å². The number of nitrogens with zero attached hydrogens (tertiary/aromatic N) is 3. The smallest absolute Gasteiger partial charge is 0.233 e. The zero-order valence-corrected chi connectivity index (χ0v) is 15.9. The molecular weight excluding hydrogens is 360 g/mol. The number of nitrogens with one attached hydrogen (secondary N) is 1. The lowest BCUT2D eigenvalue weighted by Crippen LogP contribution is -2.42. The molecule has 1 saturated heterocycles. The number of halogens is 1. The van der Waals surface area contributed by atoms with Gasteiger partial charge in [0.25, 0.3) is 0 Å². The second-order valence-corrected chi connectivity index (χ2v) is 7.41. The Labute approximate surface area is 156 Å². The highest BCUT2D eigenvalue weighted by Gasteiger charge is 2.23. The number of amides is 1. The minimum Gasteiger partial charge on any atom is -0.496 e. The van der Waals surface area contributed by atoms with Crippen LogP contribution in [0.15, 0.2) is 23.4 Å². The number of aromatic amines is 1. The van der Waals surface area contributed by atoms with Crippen molar-refractivity contribution in [3.8, 4) is 17.1 Å². The predicted octanol–water partition coefficient (Wildman–Crippen LogP) is 3.63. The normalized spacial score (nSPS) is 17.6. The maximum Gasteiger partial charge on any atom is 0.233 e. The molecule has 1 aromatic heterocycles. The summed E-state index contributed by atoms with van der Waals surface area (Å²) < 4.78 is 5.34. The Kier molecular flexibility index (Phi) is 5.86. The Bertz CT molecular complexity index is 752. The summed E-state index contributed by atoms with van der Waals surface area (Å²) in [4.78, 5) is 18.8. The van der Waals surface area contributed by atoms with Gasteiger partial charge in [0.15, 0.2) is 5.82 Å². The van der Waals surface area contributed by atoms with Crippen LogP contribution in [0.2, 0.25) is 5.02 Å². The number of carbonyl (C=O) groups is 1. The molecule has 134 valence electrons.